The topological polar surface area (TPSA) is 77.3 Å². The quantitative estimate of drug-likeness (QED) is 0.402. The molecule has 0 fully saturated rings. The van der Waals surface area contributed by atoms with Crippen LogP contribution in [0.15, 0.2) is 58.9 Å². The molecule has 2 rings (SSSR count). The van der Waals surface area contributed by atoms with Crippen LogP contribution in [0.1, 0.15) is 24.1 Å². The number of carbonyl (C=O) groups excluding carboxylic acids is 1. The van der Waals surface area contributed by atoms with E-state index in [9.17, 15) is 9.70 Å². The standard InChI is InChI=1S/C18H17ClN2O4/c1-12(22)18(20-23)14-5-9-16(10-6-14)25-11-17(21-24-2)13-3-7-15(19)8-4-13/h3-10,18H,11H2,1-2H3. The largest absolute Gasteiger partial charge is 0.487 e. The van der Waals surface area contributed by atoms with E-state index in [1.807, 2.05) is 12.1 Å². The average Bonchev–Trinajstić information content (AvgIpc) is 2.61. The van der Waals surface area contributed by atoms with Gasteiger partial charge in [0.2, 0.25) is 0 Å². The molecule has 25 heavy (non-hydrogen) atoms. The lowest BCUT2D eigenvalue weighted by atomic mass is 10.0. The van der Waals surface area contributed by atoms with Crippen LogP contribution < -0.4 is 4.74 Å². The van der Waals surface area contributed by atoms with Crippen molar-refractivity contribution in [3.8, 4) is 5.75 Å². The lowest BCUT2D eigenvalue weighted by Crippen LogP contribution is -2.13. The Morgan fingerprint density at radius 3 is 2.28 bits per heavy atom. The predicted octanol–water partition coefficient (Wildman–Crippen LogP) is 4.17. The molecule has 0 saturated carbocycles. The molecule has 0 saturated heterocycles. The summed E-state index contributed by atoms with van der Waals surface area (Å²) >= 11 is 5.88. The van der Waals surface area contributed by atoms with E-state index in [-0.39, 0.29) is 12.4 Å². The Kier molecular flexibility index (Phi) is 6.65. The molecule has 0 radical (unpaired) electrons. The van der Waals surface area contributed by atoms with E-state index < -0.39 is 6.04 Å². The number of hydrogen-bond acceptors (Lipinski definition) is 6. The molecule has 6 nitrogen and oxygen atoms in total. The highest BCUT2D eigenvalue weighted by molar-refractivity contribution is 6.30. The molecular formula is C18H17ClN2O4. The third kappa shape index (κ3) is 5.12. The van der Waals surface area contributed by atoms with Crippen molar-refractivity contribution in [3.63, 3.8) is 0 Å². The Bertz CT molecular complexity index is 758. The van der Waals surface area contributed by atoms with Gasteiger partial charge < -0.3 is 9.57 Å². The number of carbonyl (C=O) groups is 1. The van der Waals surface area contributed by atoms with Gasteiger partial charge in [-0.1, -0.05) is 46.2 Å². The highest BCUT2D eigenvalue weighted by atomic mass is 35.5. The van der Waals surface area contributed by atoms with Crippen LogP contribution in [0.3, 0.4) is 0 Å². The summed E-state index contributed by atoms with van der Waals surface area (Å²) < 4.78 is 5.70. The lowest BCUT2D eigenvalue weighted by Gasteiger charge is -2.10. The number of nitroso groups, excluding NO2 is 1. The van der Waals surface area contributed by atoms with E-state index >= 15 is 0 Å². The normalized spacial score (nSPS) is 12.4. The summed E-state index contributed by atoms with van der Waals surface area (Å²) in [4.78, 5) is 27.0. The molecule has 0 amide bonds. The molecule has 130 valence electrons. The molecule has 0 aliphatic rings. The van der Waals surface area contributed by atoms with E-state index in [0.717, 1.165) is 5.56 Å². The molecule has 0 aliphatic heterocycles. The maximum Gasteiger partial charge on any atom is 0.175 e. The van der Waals surface area contributed by atoms with Crippen molar-refractivity contribution < 1.29 is 14.4 Å². The van der Waals surface area contributed by atoms with Gasteiger partial charge in [0, 0.05) is 10.6 Å². The molecular weight excluding hydrogens is 344 g/mol. The molecule has 1 atom stereocenters. The molecule has 0 aromatic heterocycles. The number of ketones is 1. The van der Waals surface area contributed by atoms with E-state index in [1.54, 1.807) is 36.4 Å². The first-order chi connectivity index (χ1) is 12.0. The van der Waals surface area contributed by atoms with Crippen LogP contribution in [0.2, 0.25) is 5.02 Å². The number of nitrogens with zero attached hydrogens (tertiary/aromatic N) is 2. The highest BCUT2D eigenvalue weighted by Crippen LogP contribution is 2.21. The second-order valence-corrected chi connectivity index (χ2v) is 5.64. The minimum absolute atomic E-state index is 0.177. The predicted molar refractivity (Wildman–Crippen MR) is 96.2 cm³/mol. The fraction of sp³-hybridized carbons (Fsp3) is 0.222. The molecule has 2 aromatic carbocycles. The minimum atomic E-state index is -0.992. The summed E-state index contributed by atoms with van der Waals surface area (Å²) in [7, 11) is 1.46. The van der Waals surface area contributed by atoms with Crippen molar-refractivity contribution in [3.05, 3.63) is 69.6 Å². The van der Waals surface area contributed by atoms with Crippen LogP contribution in [-0.4, -0.2) is 25.2 Å². The molecule has 0 spiro atoms. The maximum absolute atomic E-state index is 11.4. The van der Waals surface area contributed by atoms with Gasteiger partial charge in [0.15, 0.2) is 11.8 Å². The van der Waals surface area contributed by atoms with Crippen LogP contribution in [0.25, 0.3) is 0 Å². The van der Waals surface area contributed by atoms with Gasteiger partial charge in [-0.25, -0.2) is 0 Å². The summed E-state index contributed by atoms with van der Waals surface area (Å²) in [6, 6.07) is 12.8. The third-order valence-corrected chi connectivity index (χ3v) is 3.69. The van der Waals surface area contributed by atoms with E-state index in [0.29, 0.717) is 22.0 Å². The van der Waals surface area contributed by atoms with Gasteiger partial charge in [0.25, 0.3) is 0 Å². The first-order valence-corrected chi connectivity index (χ1v) is 7.84. The van der Waals surface area contributed by atoms with Gasteiger partial charge in [-0.2, -0.15) is 0 Å². The van der Waals surface area contributed by atoms with Crippen molar-refractivity contribution in [2.45, 2.75) is 13.0 Å². The zero-order valence-corrected chi connectivity index (χ0v) is 14.6. The second kappa shape index (κ2) is 8.94. The van der Waals surface area contributed by atoms with Crippen LogP contribution in [0.5, 0.6) is 5.75 Å². The van der Waals surface area contributed by atoms with E-state index in [2.05, 4.69) is 10.3 Å². The summed E-state index contributed by atoms with van der Waals surface area (Å²) in [5.41, 5.74) is 1.95. The number of hydrogen-bond donors (Lipinski definition) is 0. The number of halogens is 1. The molecule has 0 bridgehead atoms. The lowest BCUT2D eigenvalue weighted by molar-refractivity contribution is -0.118. The van der Waals surface area contributed by atoms with Gasteiger partial charge >= 0.3 is 0 Å². The maximum atomic E-state index is 11.4. The Balaban J connectivity index is 2.08. The van der Waals surface area contributed by atoms with Gasteiger partial charge in [-0.3, -0.25) is 4.79 Å². The van der Waals surface area contributed by atoms with Crippen LogP contribution in [0, 0.1) is 4.91 Å². The molecule has 0 aliphatic carbocycles. The minimum Gasteiger partial charge on any atom is -0.487 e. The average molecular weight is 361 g/mol. The number of rotatable bonds is 8. The summed E-state index contributed by atoms with van der Waals surface area (Å²) in [5, 5.41) is 7.44. The fourth-order valence-electron chi connectivity index (χ4n) is 2.18. The first-order valence-electron chi connectivity index (χ1n) is 7.46. The van der Waals surface area contributed by atoms with Gasteiger partial charge in [-0.05, 0) is 36.8 Å². The Hall–Kier alpha value is -2.73. The summed E-state index contributed by atoms with van der Waals surface area (Å²) in [5.74, 6) is 0.260. The van der Waals surface area contributed by atoms with Crippen LogP contribution in [-0.2, 0) is 9.63 Å². The van der Waals surface area contributed by atoms with E-state index in [4.69, 9.17) is 21.2 Å². The number of Topliss-reactive ketones (excluding diaryl/α,β-unsaturated/α-hetero) is 1. The number of ether oxygens (including phenoxy) is 1. The van der Waals surface area contributed by atoms with Crippen molar-refractivity contribution in [1.82, 2.24) is 0 Å². The zero-order valence-electron chi connectivity index (χ0n) is 13.8. The Labute approximate surface area is 150 Å². The number of benzene rings is 2. The van der Waals surface area contributed by atoms with Gasteiger partial charge in [-0.15, -0.1) is 4.91 Å². The van der Waals surface area contributed by atoms with Crippen molar-refractivity contribution in [2.75, 3.05) is 13.7 Å². The monoisotopic (exact) mass is 360 g/mol. The van der Waals surface area contributed by atoms with Crippen molar-refractivity contribution in [2.24, 2.45) is 10.3 Å². The molecule has 1 unspecified atom stereocenters. The summed E-state index contributed by atoms with van der Waals surface area (Å²) in [6.45, 7) is 1.51. The van der Waals surface area contributed by atoms with Crippen molar-refractivity contribution in [1.29, 1.82) is 0 Å². The number of oxime groups is 1. The highest BCUT2D eigenvalue weighted by Gasteiger charge is 2.17. The first kappa shape index (κ1) is 18.6. The van der Waals surface area contributed by atoms with Crippen molar-refractivity contribution >= 4 is 23.1 Å². The Morgan fingerprint density at radius 2 is 1.76 bits per heavy atom. The fourth-order valence-corrected chi connectivity index (χ4v) is 2.31. The summed E-state index contributed by atoms with van der Waals surface area (Å²) in [6.07, 6.45) is 0. The van der Waals surface area contributed by atoms with Gasteiger partial charge in [0.05, 0.1) is 0 Å². The SMILES string of the molecule is CON=C(COc1ccc(C(N=O)C(C)=O)cc1)c1ccc(Cl)cc1. The second-order valence-electron chi connectivity index (χ2n) is 5.20. The molecule has 7 heteroatoms. The van der Waals surface area contributed by atoms with E-state index in [1.165, 1.54) is 14.0 Å². The van der Waals surface area contributed by atoms with Crippen LogP contribution >= 0.6 is 11.6 Å². The molecule has 0 N–H and O–H groups in total. The third-order valence-electron chi connectivity index (χ3n) is 3.44. The van der Waals surface area contributed by atoms with Crippen LogP contribution in [0.4, 0.5) is 0 Å². The van der Waals surface area contributed by atoms with Gasteiger partial charge in [0.1, 0.15) is 25.2 Å². The smallest absolute Gasteiger partial charge is 0.175 e. The zero-order chi connectivity index (χ0) is 18.2. The molecule has 2 aromatic rings. The Morgan fingerprint density at radius 1 is 1.12 bits per heavy atom. The molecule has 0 heterocycles.